The topological polar surface area (TPSA) is 44.9 Å². The van der Waals surface area contributed by atoms with Crippen molar-refractivity contribution in [3.63, 3.8) is 0 Å². The lowest BCUT2D eigenvalue weighted by molar-refractivity contribution is 0.349. The highest BCUT2D eigenvalue weighted by atomic mass is 16.1. The van der Waals surface area contributed by atoms with E-state index in [-0.39, 0.29) is 5.56 Å². The summed E-state index contributed by atoms with van der Waals surface area (Å²) < 4.78 is 0. The van der Waals surface area contributed by atoms with Gasteiger partial charge in [0.15, 0.2) is 0 Å². The summed E-state index contributed by atoms with van der Waals surface area (Å²) >= 11 is 0. The minimum absolute atomic E-state index is 0.0182. The average molecular weight is 192 g/mol. The van der Waals surface area contributed by atoms with E-state index in [2.05, 4.69) is 17.2 Å². The fourth-order valence-corrected chi connectivity index (χ4v) is 2.16. The molecule has 3 nitrogen and oxygen atoms in total. The van der Waals surface area contributed by atoms with Crippen LogP contribution in [0.3, 0.4) is 0 Å². The van der Waals surface area contributed by atoms with E-state index in [1.165, 1.54) is 5.56 Å². The predicted molar refractivity (Wildman–Crippen MR) is 56.5 cm³/mol. The minimum Gasteiger partial charge on any atom is -0.329 e. The Hall–Kier alpha value is -1.09. The quantitative estimate of drug-likeness (QED) is 0.699. The Balaban J connectivity index is 2.20. The highest BCUT2D eigenvalue weighted by molar-refractivity contribution is 5.16. The zero-order valence-electron chi connectivity index (χ0n) is 8.42. The van der Waals surface area contributed by atoms with Crippen molar-refractivity contribution in [2.45, 2.75) is 19.3 Å². The zero-order valence-corrected chi connectivity index (χ0v) is 8.42. The highest BCUT2D eigenvalue weighted by Crippen LogP contribution is 2.28. The van der Waals surface area contributed by atoms with Crippen molar-refractivity contribution in [1.29, 1.82) is 0 Å². The maximum absolute atomic E-state index is 10.9. The van der Waals surface area contributed by atoms with E-state index in [4.69, 9.17) is 0 Å². The van der Waals surface area contributed by atoms with Crippen LogP contribution in [-0.4, -0.2) is 18.1 Å². The SMILES string of the molecule is C[C@H]1CNCC[C@@H]1c1ccc(=O)[nH]c1. The monoisotopic (exact) mass is 192 g/mol. The molecule has 1 aliphatic rings. The molecule has 0 spiro atoms. The summed E-state index contributed by atoms with van der Waals surface area (Å²) in [6, 6.07) is 3.56. The summed E-state index contributed by atoms with van der Waals surface area (Å²) in [5, 5.41) is 3.37. The van der Waals surface area contributed by atoms with Crippen LogP contribution in [0.15, 0.2) is 23.1 Å². The average Bonchev–Trinajstić information content (AvgIpc) is 2.20. The maximum atomic E-state index is 10.9. The molecule has 1 fully saturated rings. The normalized spacial score (nSPS) is 27.5. The van der Waals surface area contributed by atoms with Gasteiger partial charge in [-0.15, -0.1) is 0 Å². The van der Waals surface area contributed by atoms with Crippen LogP contribution in [0.4, 0.5) is 0 Å². The van der Waals surface area contributed by atoms with E-state index in [1.54, 1.807) is 6.07 Å². The van der Waals surface area contributed by atoms with E-state index in [0.29, 0.717) is 11.8 Å². The molecule has 2 heterocycles. The molecule has 1 aliphatic heterocycles. The number of nitrogens with one attached hydrogen (secondary N) is 2. The lowest BCUT2D eigenvalue weighted by atomic mass is 9.83. The van der Waals surface area contributed by atoms with Crippen LogP contribution < -0.4 is 10.9 Å². The van der Waals surface area contributed by atoms with Gasteiger partial charge in [0, 0.05) is 12.3 Å². The number of rotatable bonds is 1. The zero-order chi connectivity index (χ0) is 9.97. The fourth-order valence-electron chi connectivity index (χ4n) is 2.16. The highest BCUT2D eigenvalue weighted by Gasteiger charge is 2.22. The Morgan fingerprint density at radius 3 is 2.93 bits per heavy atom. The van der Waals surface area contributed by atoms with Crippen molar-refractivity contribution in [3.05, 3.63) is 34.2 Å². The smallest absolute Gasteiger partial charge is 0.247 e. The standard InChI is InChI=1S/C11H16N2O/c1-8-6-12-5-4-10(8)9-2-3-11(14)13-7-9/h2-3,7-8,10,12H,4-6H2,1H3,(H,13,14)/t8-,10-/m0/s1. The van der Waals surface area contributed by atoms with Gasteiger partial charge in [-0.2, -0.15) is 0 Å². The van der Waals surface area contributed by atoms with Crippen molar-refractivity contribution in [2.24, 2.45) is 5.92 Å². The second-order valence-electron chi connectivity index (χ2n) is 4.06. The molecule has 0 unspecified atom stereocenters. The Morgan fingerprint density at radius 2 is 2.29 bits per heavy atom. The molecule has 0 aliphatic carbocycles. The third-order valence-corrected chi connectivity index (χ3v) is 3.02. The summed E-state index contributed by atoms with van der Waals surface area (Å²) in [6.45, 7) is 4.40. The lowest BCUT2D eigenvalue weighted by Gasteiger charge is -2.29. The molecule has 1 saturated heterocycles. The Morgan fingerprint density at radius 1 is 1.43 bits per heavy atom. The second-order valence-corrected chi connectivity index (χ2v) is 4.06. The van der Waals surface area contributed by atoms with Gasteiger partial charge in [0.25, 0.3) is 0 Å². The lowest BCUT2D eigenvalue weighted by Crippen LogP contribution is -2.33. The van der Waals surface area contributed by atoms with Crippen LogP contribution >= 0.6 is 0 Å². The number of piperidine rings is 1. The molecular formula is C11H16N2O. The van der Waals surface area contributed by atoms with Gasteiger partial charge in [-0.3, -0.25) is 4.79 Å². The first-order valence-electron chi connectivity index (χ1n) is 5.17. The Kier molecular flexibility index (Phi) is 2.68. The van der Waals surface area contributed by atoms with Gasteiger partial charge in [0.2, 0.25) is 5.56 Å². The summed E-state index contributed by atoms with van der Waals surface area (Å²) in [4.78, 5) is 13.7. The van der Waals surface area contributed by atoms with Crippen LogP contribution in [-0.2, 0) is 0 Å². The number of aromatic amines is 1. The van der Waals surface area contributed by atoms with Gasteiger partial charge in [-0.1, -0.05) is 13.0 Å². The van der Waals surface area contributed by atoms with Crippen LogP contribution in [0.5, 0.6) is 0 Å². The molecule has 1 aromatic heterocycles. The molecule has 2 rings (SSSR count). The predicted octanol–water partition coefficient (Wildman–Crippen LogP) is 1.09. The summed E-state index contributed by atoms with van der Waals surface area (Å²) in [5.41, 5.74) is 1.24. The van der Waals surface area contributed by atoms with E-state index in [0.717, 1.165) is 19.5 Å². The van der Waals surface area contributed by atoms with Crippen LogP contribution in [0.25, 0.3) is 0 Å². The Bertz CT molecular complexity index is 338. The van der Waals surface area contributed by atoms with Crippen molar-refractivity contribution < 1.29 is 0 Å². The molecule has 76 valence electrons. The molecule has 0 saturated carbocycles. The first-order chi connectivity index (χ1) is 6.77. The van der Waals surface area contributed by atoms with Crippen LogP contribution in [0.1, 0.15) is 24.8 Å². The van der Waals surface area contributed by atoms with Gasteiger partial charge in [0.05, 0.1) is 0 Å². The number of hydrogen-bond donors (Lipinski definition) is 2. The second kappa shape index (κ2) is 3.96. The van der Waals surface area contributed by atoms with E-state index >= 15 is 0 Å². The van der Waals surface area contributed by atoms with Crippen molar-refractivity contribution in [1.82, 2.24) is 10.3 Å². The molecule has 0 radical (unpaired) electrons. The van der Waals surface area contributed by atoms with Crippen LogP contribution in [0, 0.1) is 5.92 Å². The maximum Gasteiger partial charge on any atom is 0.247 e. The summed E-state index contributed by atoms with van der Waals surface area (Å²) in [6.07, 6.45) is 3.02. The fraction of sp³-hybridized carbons (Fsp3) is 0.545. The van der Waals surface area contributed by atoms with Crippen LogP contribution in [0.2, 0.25) is 0 Å². The number of pyridine rings is 1. The van der Waals surface area contributed by atoms with E-state index in [1.807, 2.05) is 12.3 Å². The largest absolute Gasteiger partial charge is 0.329 e. The molecule has 2 N–H and O–H groups in total. The molecular weight excluding hydrogens is 176 g/mol. The van der Waals surface area contributed by atoms with Gasteiger partial charge in [0.1, 0.15) is 0 Å². The molecule has 3 heteroatoms. The Labute approximate surface area is 83.5 Å². The first-order valence-corrected chi connectivity index (χ1v) is 5.17. The van der Waals surface area contributed by atoms with Gasteiger partial charge in [-0.25, -0.2) is 0 Å². The molecule has 2 atom stereocenters. The first kappa shape index (κ1) is 9.46. The number of hydrogen-bond acceptors (Lipinski definition) is 2. The third kappa shape index (κ3) is 1.87. The van der Waals surface area contributed by atoms with Crippen molar-refractivity contribution >= 4 is 0 Å². The molecule has 1 aromatic rings. The molecule has 14 heavy (non-hydrogen) atoms. The molecule has 0 bridgehead atoms. The van der Waals surface area contributed by atoms with Crippen molar-refractivity contribution in [3.8, 4) is 0 Å². The summed E-state index contributed by atoms with van der Waals surface area (Å²) in [7, 11) is 0. The summed E-state index contributed by atoms with van der Waals surface area (Å²) in [5.74, 6) is 1.24. The number of H-pyrrole nitrogens is 1. The van der Waals surface area contributed by atoms with Gasteiger partial charge >= 0.3 is 0 Å². The van der Waals surface area contributed by atoms with Gasteiger partial charge in [-0.05, 0) is 36.9 Å². The van der Waals surface area contributed by atoms with E-state index in [9.17, 15) is 4.79 Å². The third-order valence-electron chi connectivity index (χ3n) is 3.02. The van der Waals surface area contributed by atoms with Gasteiger partial charge < -0.3 is 10.3 Å². The molecule has 0 aromatic carbocycles. The minimum atomic E-state index is -0.0182. The van der Waals surface area contributed by atoms with E-state index < -0.39 is 0 Å². The van der Waals surface area contributed by atoms with Crippen molar-refractivity contribution in [2.75, 3.05) is 13.1 Å². The number of aromatic nitrogens is 1. The molecule has 0 amide bonds.